The lowest BCUT2D eigenvalue weighted by Crippen LogP contribution is -2.62. The Morgan fingerprint density at radius 2 is 1.83 bits per heavy atom. The highest BCUT2D eigenvalue weighted by molar-refractivity contribution is 5.88. The Morgan fingerprint density at radius 3 is 2.57 bits per heavy atom. The number of anilines is 1. The molecule has 216 valence electrons. The molecule has 4 fully saturated rings. The smallest absolute Gasteiger partial charge is 0.417 e. The number of benzene rings is 2. The maximum absolute atomic E-state index is 13.8. The maximum atomic E-state index is 13.8. The third kappa shape index (κ3) is 4.54. The van der Waals surface area contributed by atoms with E-state index in [-0.39, 0.29) is 28.7 Å². The maximum Gasteiger partial charge on any atom is 0.417 e. The summed E-state index contributed by atoms with van der Waals surface area (Å²) < 4.78 is 58.3. The van der Waals surface area contributed by atoms with Crippen LogP contribution in [0.2, 0.25) is 0 Å². The van der Waals surface area contributed by atoms with Crippen molar-refractivity contribution in [2.24, 2.45) is 11.3 Å². The van der Waals surface area contributed by atoms with E-state index in [4.69, 9.17) is 14.0 Å². The van der Waals surface area contributed by atoms with Crippen LogP contribution in [0.3, 0.4) is 0 Å². The van der Waals surface area contributed by atoms with E-state index in [1.54, 1.807) is 12.3 Å². The van der Waals surface area contributed by atoms with E-state index in [9.17, 15) is 13.2 Å². The van der Waals surface area contributed by atoms with Crippen LogP contribution >= 0.6 is 0 Å². The molecule has 0 bridgehead atoms. The molecule has 2 aromatic carbocycles. The Balaban J connectivity index is 0.965. The Kier molecular flexibility index (Phi) is 5.90. The predicted octanol–water partition coefficient (Wildman–Crippen LogP) is 7.49. The third-order valence-corrected chi connectivity index (χ3v) is 9.12. The summed E-state index contributed by atoms with van der Waals surface area (Å²) in [4.78, 5) is 6.91. The fourth-order valence-electron chi connectivity index (χ4n) is 6.74. The van der Waals surface area contributed by atoms with Gasteiger partial charge in [-0.25, -0.2) is 0 Å². The first-order chi connectivity index (χ1) is 20.4. The van der Waals surface area contributed by atoms with Gasteiger partial charge in [0.2, 0.25) is 0 Å². The van der Waals surface area contributed by atoms with Crippen molar-refractivity contribution in [2.45, 2.75) is 43.9 Å². The van der Waals surface area contributed by atoms with Crippen LogP contribution in [0.25, 0.3) is 28.2 Å². The lowest BCUT2D eigenvalue weighted by molar-refractivity contribution is -0.137. The van der Waals surface area contributed by atoms with E-state index in [1.165, 1.54) is 17.8 Å². The zero-order chi connectivity index (χ0) is 28.5. The molecule has 2 saturated heterocycles. The van der Waals surface area contributed by atoms with E-state index >= 15 is 0 Å². The van der Waals surface area contributed by atoms with Gasteiger partial charge in [0.05, 0.1) is 24.3 Å². The summed E-state index contributed by atoms with van der Waals surface area (Å²) in [6.45, 7) is 3.21. The molecule has 9 heteroatoms. The Bertz CT molecular complexity index is 1670. The first kappa shape index (κ1) is 25.8. The molecule has 4 aromatic rings. The Morgan fingerprint density at radius 1 is 1.02 bits per heavy atom. The zero-order valence-electron chi connectivity index (χ0n) is 22.9. The van der Waals surface area contributed by atoms with Crippen LogP contribution in [0.4, 0.5) is 18.9 Å². The SMILES string of the molecule is FC(F)(F)c1ccccc1-c1noc(C2CC2)c1/C=C/C1CC2(C1)CN(c1ccc3nccc(OC4COC4)c3c1)C2. The van der Waals surface area contributed by atoms with Gasteiger partial charge in [-0.1, -0.05) is 35.5 Å². The van der Waals surface area contributed by atoms with Crippen LogP contribution in [-0.4, -0.2) is 42.5 Å². The predicted molar refractivity (Wildman–Crippen MR) is 152 cm³/mol. The normalized spacial score (nSPS) is 20.6. The molecular weight excluding hydrogens is 543 g/mol. The number of alkyl halides is 3. The van der Waals surface area contributed by atoms with Gasteiger partial charge in [-0.2, -0.15) is 13.2 Å². The van der Waals surface area contributed by atoms with E-state index in [0.29, 0.717) is 30.5 Å². The number of halogens is 3. The molecule has 8 rings (SSSR count). The number of fused-ring (bicyclic) bond motifs is 1. The van der Waals surface area contributed by atoms with Crippen molar-refractivity contribution in [3.05, 3.63) is 77.7 Å². The molecule has 0 unspecified atom stereocenters. The van der Waals surface area contributed by atoms with Gasteiger partial charge < -0.3 is 18.9 Å². The highest BCUT2D eigenvalue weighted by atomic mass is 19.4. The lowest BCUT2D eigenvalue weighted by Gasteiger charge is -2.59. The number of pyridine rings is 1. The summed E-state index contributed by atoms with van der Waals surface area (Å²) >= 11 is 0. The second kappa shape index (κ2) is 9.59. The number of hydrogen-bond acceptors (Lipinski definition) is 6. The Labute approximate surface area is 241 Å². The minimum Gasteiger partial charge on any atom is -0.485 e. The van der Waals surface area contributed by atoms with Crippen molar-refractivity contribution in [3.8, 4) is 17.0 Å². The molecule has 2 aliphatic carbocycles. The quantitative estimate of drug-likeness (QED) is 0.228. The average Bonchev–Trinajstić information content (AvgIpc) is 3.67. The van der Waals surface area contributed by atoms with Gasteiger partial charge in [0.1, 0.15) is 23.3 Å². The molecule has 1 spiro atoms. The van der Waals surface area contributed by atoms with E-state index in [1.807, 2.05) is 12.1 Å². The Hall–Kier alpha value is -3.85. The molecule has 6 nitrogen and oxygen atoms in total. The standard InChI is InChI=1S/C33H30F3N3O3/c34-33(35,36)27-4-2-1-3-24(27)30-25(31(42-38-30)21-6-7-21)9-5-20-14-32(15-20)18-39(19-32)22-8-10-28-26(13-22)29(11-12-37-28)41-23-16-40-17-23/h1-5,8-13,20-21,23H,6-7,14-19H2/b9-5+. The number of rotatable bonds is 7. The van der Waals surface area contributed by atoms with Crippen LogP contribution < -0.4 is 9.64 Å². The van der Waals surface area contributed by atoms with Crippen LogP contribution in [-0.2, 0) is 10.9 Å². The molecule has 0 amide bonds. The molecule has 42 heavy (non-hydrogen) atoms. The molecule has 0 radical (unpaired) electrons. The third-order valence-electron chi connectivity index (χ3n) is 9.12. The van der Waals surface area contributed by atoms with Crippen LogP contribution in [0, 0.1) is 11.3 Å². The van der Waals surface area contributed by atoms with Crippen LogP contribution in [0.1, 0.15) is 48.5 Å². The summed E-state index contributed by atoms with van der Waals surface area (Å²) in [5.74, 6) is 2.17. The van der Waals surface area contributed by atoms with E-state index in [2.05, 4.69) is 39.3 Å². The van der Waals surface area contributed by atoms with Crippen molar-refractivity contribution >= 4 is 22.7 Å². The van der Waals surface area contributed by atoms with Gasteiger partial charge in [-0.15, -0.1) is 0 Å². The van der Waals surface area contributed by atoms with Gasteiger partial charge in [0.15, 0.2) is 0 Å². The average molecular weight is 574 g/mol. The minimum atomic E-state index is -4.46. The molecule has 4 aliphatic rings. The summed E-state index contributed by atoms with van der Waals surface area (Å²) in [6.07, 6.45) is 5.61. The highest BCUT2D eigenvalue weighted by Crippen LogP contribution is 2.54. The van der Waals surface area contributed by atoms with Gasteiger partial charge in [-0.05, 0) is 61.9 Å². The van der Waals surface area contributed by atoms with Gasteiger partial charge >= 0.3 is 6.18 Å². The van der Waals surface area contributed by atoms with Gasteiger partial charge in [-0.3, -0.25) is 4.98 Å². The summed E-state index contributed by atoms with van der Waals surface area (Å²) in [6, 6.07) is 13.9. The largest absolute Gasteiger partial charge is 0.485 e. The second-order valence-electron chi connectivity index (χ2n) is 12.3. The summed E-state index contributed by atoms with van der Waals surface area (Å²) in [5.41, 5.74) is 2.72. The molecule has 0 N–H and O–H groups in total. The number of aromatic nitrogens is 2. The fraction of sp³-hybridized carbons (Fsp3) is 0.394. The van der Waals surface area contributed by atoms with Crippen LogP contribution in [0.5, 0.6) is 5.75 Å². The summed E-state index contributed by atoms with van der Waals surface area (Å²) in [7, 11) is 0. The van der Waals surface area contributed by atoms with Crippen molar-refractivity contribution in [2.75, 3.05) is 31.2 Å². The molecule has 2 saturated carbocycles. The van der Waals surface area contributed by atoms with Crippen LogP contribution in [0.15, 0.2) is 65.3 Å². The number of allylic oxidation sites excluding steroid dienone is 1. The fourth-order valence-corrected chi connectivity index (χ4v) is 6.74. The highest BCUT2D eigenvalue weighted by Gasteiger charge is 2.51. The number of ether oxygens (including phenoxy) is 2. The molecule has 2 aliphatic heterocycles. The molecule has 2 aromatic heterocycles. The molecular formula is C33H30F3N3O3. The van der Waals surface area contributed by atoms with Crippen molar-refractivity contribution < 1.29 is 27.2 Å². The minimum absolute atomic E-state index is 0.0696. The van der Waals surface area contributed by atoms with E-state index in [0.717, 1.165) is 61.5 Å². The summed E-state index contributed by atoms with van der Waals surface area (Å²) in [5, 5.41) is 5.16. The topological polar surface area (TPSA) is 60.6 Å². The zero-order valence-corrected chi connectivity index (χ0v) is 22.9. The van der Waals surface area contributed by atoms with Gasteiger partial charge in [0, 0.05) is 52.8 Å². The second-order valence-corrected chi connectivity index (χ2v) is 12.3. The number of nitrogens with zero attached hydrogens (tertiary/aromatic N) is 3. The monoisotopic (exact) mass is 573 g/mol. The first-order valence-corrected chi connectivity index (χ1v) is 14.6. The van der Waals surface area contributed by atoms with Crippen molar-refractivity contribution in [3.63, 3.8) is 0 Å². The first-order valence-electron chi connectivity index (χ1n) is 14.6. The lowest BCUT2D eigenvalue weighted by atomic mass is 9.57. The van der Waals surface area contributed by atoms with E-state index < -0.39 is 11.7 Å². The molecule has 4 heterocycles. The van der Waals surface area contributed by atoms with Crippen molar-refractivity contribution in [1.29, 1.82) is 0 Å². The van der Waals surface area contributed by atoms with Crippen molar-refractivity contribution in [1.82, 2.24) is 10.1 Å². The van der Waals surface area contributed by atoms with Gasteiger partial charge in [0.25, 0.3) is 0 Å². The number of hydrogen-bond donors (Lipinski definition) is 0. The molecule has 0 atom stereocenters.